The van der Waals surface area contributed by atoms with E-state index in [2.05, 4.69) is 214 Å². The number of aryl methyl sites for hydroxylation is 2. The zero-order chi connectivity index (χ0) is 59.6. The van der Waals surface area contributed by atoms with Crippen molar-refractivity contribution in [1.29, 1.82) is 0 Å². The number of para-hydroxylation sites is 3. The Balaban J connectivity index is 0.000000249. The molecule has 0 spiro atoms. The van der Waals surface area contributed by atoms with Gasteiger partial charge in [-0.2, -0.15) is 17.5 Å². The minimum Gasteiger partial charge on any atom is -0.811 e. The van der Waals surface area contributed by atoms with Gasteiger partial charge >= 0.3 is 16.5 Å². The van der Waals surface area contributed by atoms with Crippen LogP contribution < -0.4 is 15.3 Å². The van der Waals surface area contributed by atoms with E-state index in [1.54, 1.807) is 28.7 Å². The number of hydrogen-bond donors (Lipinski definition) is 1. The van der Waals surface area contributed by atoms with Crippen molar-refractivity contribution < 1.29 is 84.2 Å². The molecule has 0 aliphatic heterocycles. The molecule has 0 saturated carbocycles. The molecule has 473 valence electrons. The van der Waals surface area contributed by atoms with Crippen molar-refractivity contribution in [2.75, 3.05) is 5.32 Å². The molecule has 0 saturated heterocycles. The fourth-order valence-electron chi connectivity index (χ4n) is 9.58. The van der Waals surface area contributed by atoms with E-state index in [9.17, 15) is 0 Å². The quantitative estimate of drug-likeness (QED) is 0.0561. The first-order valence-corrected chi connectivity index (χ1v) is 30.7. The molecule has 1 radical (unpaired) electrons. The molecule has 12 nitrogen and oxygen atoms in total. The number of nitrogens with zero attached hydrogens (tertiary/aromatic N) is 9. The molecule has 0 bridgehead atoms. The average molecular weight is 1650 g/mol. The van der Waals surface area contributed by atoms with Gasteiger partial charge in [0, 0.05) is 93.9 Å². The number of aromatic nitrogens is 8. The summed E-state index contributed by atoms with van der Waals surface area (Å²) < 4.78 is 14.0. The number of thiophene rings is 1. The Labute approximate surface area is 572 Å². The molecule has 4 aromatic carbocycles. The monoisotopic (exact) mass is 1650 g/mol. The summed E-state index contributed by atoms with van der Waals surface area (Å²) in [6.07, 6.45) is 18.5. The minimum atomic E-state index is -0.435. The number of nitrogens with one attached hydrogen (secondary N) is 1. The van der Waals surface area contributed by atoms with E-state index >= 15 is 0 Å². The summed E-state index contributed by atoms with van der Waals surface area (Å²) in [6.45, 7) is 32.8. The Morgan fingerprint density at radius 2 is 1.55 bits per heavy atom. The van der Waals surface area contributed by atoms with Crippen molar-refractivity contribution in [3.63, 3.8) is 0 Å². The number of imidazole rings is 1. The van der Waals surface area contributed by atoms with E-state index < -0.39 is 5.41 Å². The Morgan fingerprint density at radius 3 is 2.18 bits per heavy atom. The van der Waals surface area contributed by atoms with Gasteiger partial charge in [-0.25, -0.2) is 9.97 Å². The van der Waals surface area contributed by atoms with E-state index in [0.717, 1.165) is 101 Å². The van der Waals surface area contributed by atoms with E-state index in [1.807, 2.05) is 49.8 Å². The van der Waals surface area contributed by atoms with E-state index in [0.29, 0.717) is 29.5 Å². The molecule has 1 N–H and O–H groups in total. The van der Waals surface area contributed by atoms with Gasteiger partial charge in [-0.3, -0.25) is 16.0 Å². The number of anilines is 1. The van der Waals surface area contributed by atoms with Crippen LogP contribution in [0.15, 0.2) is 130 Å². The third-order valence-electron chi connectivity index (χ3n) is 14.6. The first kappa shape index (κ1) is 74.4. The topological polar surface area (TPSA) is 158 Å². The van der Waals surface area contributed by atoms with Crippen LogP contribution in [-0.2, 0) is 93.7 Å². The van der Waals surface area contributed by atoms with Crippen LogP contribution in [0.25, 0.3) is 64.6 Å². The van der Waals surface area contributed by atoms with E-state index in [-0.39, 0.29) is 86.2 Å². The number of benzene rings is 4. The van der Waals surface area contributed by atoms with Crippen molar-refractivity contribution in [3.8, 4) is 16.3 Å². The second-order valence-electron chi connectivity index (χ2n) is 25.0. The first-order chi connectivity index (χ1) is 39.5. The first-order valence-electron chi connectivity index (χ1n) is 29.0. The van der Waals surface area contributed by atoms with Gasteiger partial charge in [0.1, 0.15) is 10.8 Å². The standard InChI is InChI=1S/C23H25N2S.C18H22N3O.C17H19N2S.C11H15N3O.Co.Ni.2Pt/c1-5-15(3)17-7-8-19-13-24-25(21(19)11-17)22-14-26-23-12-18(16(4)6-2)9-10-20(22)23;1-12(2)9-10-13-11-19-17(22-13)18(3,4)16-20-14-7-5-6-8-15(14)21-16;1-11-10-20-16(19-11)14-7-5-6-13-12(8-17(2,3)4)9-18-15(13)14;1-11(2,3)6-9(4-5-12)14-10-7-15-8-13-10;;;;/h7-13,15-16H,5-6H2,1-4H3;5-8,11-12H,9-10H2,1-4H3;5-7,9-10H,8H2,1-4H3;4-5,8,14H,6H2,1-3H3;;;;/q3*-1;-2;;+2;;/b;;;9-4-;;;;. The summed E-state index contributed by atoms with van der Waals surface area (Å²) in [5.41, 5.74) is 12.3. The maximum absolute atomic E-state index is 8.77. The van der Waals surface area contributed by atoms with Crippen LogP contribution in [0.5, 0.6) is 0 Å². The fraction of sp³-hybridized carbons (Fsp3) is 0.391. The molecule has 0 fully saturated rings. The molecule has 2 unspecified atom stereocenters. The Bertz CT molecular complexity index is 3880. The predicted molar refractivity (Wildman–Crippen MR) is 346 cm³/mol. The van der Waals surface area contributed by atoms with Gasteiger partial charge in [0.2, 0.25) is 5.89 Å². The Morgan fingerprint density at radius 1 is 0.839 bits per heavy atom. The maximum Gasteiger partial charge on any atom is 2.00 e. The van der Waals surface area contributed by atoms with Crippen LogP contribution in [0, 0.1) is 35.3 Å². The van der Waals surface area contributed by atoms with Crippen molar-refractivity contribution in [2.45, 2.75) is 160 Å². The molecule has 7 heterocycles. The Kier molecular flexibility index (Phi) is 28.4. The molecule has 0 amide bonds. The van der Waals surface area contributed by atoms with E-state index in [1.165, 1.54) is 49.5 Å². The largest absolute Gasteiger partial charge is 2.00 e. The summed E-state index contributed by atoms with van der Waals surface area (Å²) in [5, 5.41) is 26.8. The molecular formula is C69H81CoN10NiO2Pt2S2-3. The number of fused-ring (bicyclic) bond motifs is 4. The van der Waals surface area contributed by atoms with Crippen molar-refractivity contribution >= 4 is 77.6 Å². The van der Waals surface area contributed by atoms with E-state index in [4.69, 9.17) is 14.2 Å². The van der Waals surface area contributed by atoms with Crippen LogP contribution in [0.2, 0.25) is 0 Å². The molecule has 2 atom stereocenters. The van der Waals surface area contributed by atoms with Gasteiger partial charge in [0.25, 0.3) is 0 Å². The summed E-state index contributed by atoms with van der Waals surface area (Å²) in [5.74, 6) is 4.70. The van der Waals surface area contributed by atoms with Crippen molar-refractivity contribution in [2.24, 2.45) is 16.7 Å². The van der Waals surface area contributed by atoms with Gasteiger partial charge in [-0.15, -0.1) is 39.1 Å². The Hall–Kier alpha value is -5.04. The van der Waals surface area contributed by atoms with Gasteiger partial charge in [-0.05, 0) is 127 Å². The normalized spacial score (nSPS) is 12.3. The molecule has 7 aromatic heterocycles. The number of hydrogen-bond acceptors (Lipinski definition) is 10. The second kappa shape index (κ2) is 33.1. The SMILES string of the molecule is CC(C)(C)C/C(=C/C=[N-])Nc1[c-]ocn1.CC(C)CCc1cnc(C(C)(C)c2nc3ccccc3[n-]2)o1.CCC(C)c1ccc2c(-n3ncc4ccc(C(C)CC)cc43)[c-]sc2c1.Cc1csc(-c2cccc3c(CC(C)(C)C)c[n-]c23)n1.[Co].[Ni+2].[Pt].[Pt]. The summed E-state index contributed by atoms with van der Waals surface area (Å²) >= 11 is 3.38. The third-order valence-corrected chi connectivity index (χ3v) is 16.5. The second-order valence-corrected chi connectivity index (χ2v) is 26.8. The predicted octanol–water partition coefficient (Wildman–Crippen LogP) is 18.8. The van der Waals surface area contributed by atoms with Crippen molar-refractivity contribution in [1.82, 2.24) is 39.7 Å². The summed E-state index contributed by atoms with van der Waals surface area (Å²) in [4.78, 5) is 26.9. The summed E-state index contributed by atoms with van der Waals surface area (Å²) in [6, 6.07) is 27.9. The number of rotatable bonds is 16. The number of oxazole rings is 2. The van der Waals surface area contributed by atoms with Crippen molar-refractivity contribution in [3.05, 3.63) is 178 Å². The molecule has 11 aromatic rings. The molecule has 0 aliphatic carbocycles. The molecule has 11 rings (SSSR count). The maximum atomic E-state index is 8.77. The third kappa shape index (κ3) is 19.7. The van der Waals surface area contributed by atoms with Crippen LogP contribution >= 0.6 is 22.7 Å². The molecule has 18 heteroatoms. The van der Waals surface area contributed by atoms with Gasteiger partial charge in [0.05, 0.1) is 29.1 Å². The van der Waals surface area contributed by atoms with Gasteiger partial charge < -0.3 is 39.5 Å². The molecule has 87 heavy (non-hydrogen) atoms. The van der Waals surface area contributed by atoms with Gasteiger partial charge in [0.15, 0.2) is 0 Å². The van der Waals surface area contributed by atoms with Gasteiger partial charge in [-0.1, -0.05) is 172 Å². The van der Waals surface area contributed by atoms with Crippen LogP contribution in [0.1, 0.15) is 174 Å². The van der Waals surface area contributed by atoms with Crippen LogP contribution in [0.3, 0.4) is 0 Å². The minimum absolute atomic E-state index is 0. The molecular weight excluding hydrogens is 1570 g/mol. The number of thiazole rings is 1. The molecule has 0 aliphatic rings. The smallest absolute Gasteiger partial charge is 0.811 e. The number of allylic oxidation sites excluding steroid dienone is 2. The zero-order valence-electron chi connectivity index (χ0n) is 52.5. The average Bonchev–Trinajstić information content (AvgIpc) is 2.38. The van der Waals surface area contributed by atoms with Crippen LogP contribution in [0.4, 0.5) is 5.82 Å². The zero-order valence-corrected chi connectivity index (χ0v) is 60.7. The van der Waals surface area contributed by atoms with Crippen LogP contribution in [-0.4, -0.2) is 35.9 Å². The summed E-state index contributed by atoms with van der Waals surface area (Å²) in [7, 11) is 0. The fourth-order valence-corrected chi connectivity index (χ4v) is 11.3.